The van der Waals surface area contributed by atoms with Gasteiger partial charge in [-0.15, -0.1) is 0 Å². The van der Waals surface area contributed by atoms with Crippen molar-refractivity contribution in [3.05, 3.63) is 48.2 Å². The van der Waals surface area contributed by atoms with Crippen LogP contribution in [0.5, 0.6) is 0 Å². The Morgan fingerprint density at radius 1 is 1.00 bits per heavy atom. The van der Waals surface area contributed by atoms with E-state index in [1.54, 1.807) is 24.3 Å². The van der Waals surface area contributed by atoms with Gasteiger partial charge < -0.3 is 4.42 Å². The van der Waals surface area contributed by atoms with Gasteiger partial charge in [-0.1, -0.05) is 12.1 Å². The van der Waals surface area contributed by atoms with Crippen LogP contribution in [0.3, 0.4) is 0 Å². The number of benzene rings is 1. The topological polar surface area (TPSA) is 38.9 Å². The first-order valence-electron chi connectivity index (χ1n) is 5.43. The molecule has 3 aromatic rings. The first kappa shape index (κ1) is 11.7. The molecule has 3 nitrogen and oxygen atoms in total. The highest BCUT2D eigenvalue weighted by Gasteiger charge is 2.30. The summed E-state index contributed by atoms with van der Waals surface area (Å²) in [5.41, 5.74) is 0.676. The Morgan fingerprint density at radius 2 is 1.79 bits per heavy atom. The summed E-state index contributed by atoms with van der Waals surface area (Å²) in [6.45, 7) is 0. The number of pyridine rings is 1. The van der Waals surface area contributed by atoms with E-state index in [0.717, 1.165) is 12.3 Å². The molecule has 0 fully saturated rings. The maximum Gasteiger partial charge on any atom is 0.417 e. The molecule has 2 heterocycles. The third kappa shape index (κ3) is 2.16. The van der Waals surface area contributed by atoms with E-state index >= 15 is 0 Å². The van der Waals surface area contributed by atoms with Crippen molar-refractivity contribution in [2.45, 2.75) is 6.18 Å². The number of halogens is 3. The van der Waals surface area contributed by atoms with Gasteiger partial charge >= 0.3 is 6.18 Å². The van der Waals surface area contributed by atoms with Crippen LogP contribution in [0.15, 0.2) is 47.0 Å². The van der Waals surface area contributed by atoms with Crippen LogP contribution < -0.4 is 0 Å². The van der Waals surface area contributed by atoms with Crippen molar-refractivity contribution < 1.29 is 17.6 Å². The SMILES string of the molecule is FC(F)(F)c1ccc(-c2nc3ccccc3o2)nc1. The van der Waals surface area contributed by atoms with Crippen LogP contribution >= 0.6 is 0 Å². The van der Waals surface area contributed by atoms with E-state index in [4.69, 9.17) is 4.42 Å². The number of rotatable bonds is 1. The average molecular weight is 264 g/mol. The summed E-state index contributed by atoms with van der Waals surface area (Å²) in [6.07, 6.45) is -3.63. The lowest BCUT2D eigenvalue weighted by atomic mass is 10.2. The van der Waals surface area contributed by atoms with Crippen molar-refractivity contribution in [2.75, 3.05) is 0 Å². The first-order valence-corrected chi connectivity index (χ1v) is 5.43. The van der Waals surface area contributed by atoms with Crippen molar-refractivity contribution in [3.8, 4) is 11.6 Å². The number of alkyl halides is 3. The average Bonchev–Trinajstić information content (AvgIpc) is 2.81. The second-order valence-electron chi connectivity index (χ2n) is 3.92. The van der Waals surface area contributed by atoms with E-state index < -0.39 is 11.7 Å². The maximum absolute atomic E-state index is 12.4. The monoisotopic (exact) mass is 264 g/mol. The Bertz CT molecular complexity index is 684. The fourth-order valence-corrected chi connectivity index (χ4v) is 1.67. The normalized spacial score (nSPS) is 11.9. The summed E-state index contributed by atoms with van der Waals surface area (Å²) in [6, 6.07) is 9.28. The maximum atomic E-state index is 12.4. The molecule has 0 unspecified atom stereocenters. The van der Waals surface area contributed by atoms with E-state index in [9.17, 15) is 13.2 Å². The molecule has 19 heavy (non-hydrogen) atoms. The number of hydrogen-bond donors (Lipinski definition) is 0. The molecule has 0 aliphatic rings. The van der Waals surface area contributed by atoms with Crippen molar-refractivity contribution in [3.63, 3.8) is 0 Å². The van der Waals surface area contributed by atoms with Gasteiger partial charge in [0.2, 0.25) is 5.89 Å². The molecular weight excluding hydrogens is 257 g/mol. The summed E-state index contributed by atoms with van der Waals surface area (Å²) in [5.74, 6) is 0.204. The molecule has 6 heteroatoms. The van der Waals surface area contributed by atoms with Gasteiger partial charge in [0.1, 0.15) is 11.2 Å². The number of hydrogen-bond acceptors (Lipinski definition) is 3. The molecule has 0 radical (unpaired) electrons. The van der Waals surface area contributed by atoms with E-state index in [1.807, 2.05) is 0 Å². The zero-order chi connectivity index (χ0) is 13.5. The zero-order valence-electron chi connectivity index (χ0n) is 9.48. The van der Waals surface area contributed by atoms with Crippen LogP contribution in [0.4, 0.5) is 13.2 Å². The number of nitrogens with zero attached hydrogens (tertiary/aromatic N) is 2. The first-order chi connectivity index (χ1) is 9.04. The molecule has 1 aromatic carbocycles. The Hall–Kier alpha value is -2.37. The predicted octanol–water partition coefficient (Wildman–Crippen LogP) is 3.91. The van der Waals surface area contributed by atoms with E-state index in [1.165, 1.54) is 6.07 Å². The van der Waals surface area contributed by atoms with E-state index in [0.29, 0.717) is 11.1 Å². The highest BCUT2D eigenvalue weighted by Crippen LogP contribution is 2.30. The highest BCUT2D eigenvalue weighted by atomic mass is 19.4. The minimum absolute atomic E-state index is 0.204. The molecule has 0 bridgehead atoms. The van der Waals surface area contributed by atoms with Gasteiger partial charge in [0.05, 0.1) is 5.56 Å². The van der Waals surface area contributed by atoms with Gasteiger partial charge in [-0.05, 0) is 24.3 Å². The second kappa shape index (κ2) is 4.08. The van der Waals surface area contributed by atoms with Crippen molar-refractivity contribution in [1.82, 2.24) is 9.97 Å². The molecular formula is C13H7F3N2O. The van der Waals surface area contributed by atoms with Crippen molar-refractivity contribution >= 4 is 11.1 Å². The van der Waals surface area contributed by atoms with Crippen LogP contribution in [-0.2, 0) is 6.18 Å². The molecule has 0 aliphatic carbocycles. The Kier molecular flexibility index (Phi) is 2.51. The van der Waals surface area contributed by atoms with Crippen LogP contribution in [0.2, 0.25) is 0 Å². The van der Waals surface area contributed by atoms with Crippen molar-refractivity contribution in [1.29, 1.82) is 0 Å². The van der Waals surface area contributed by atoms with Crippen LogP contribution in [0, 0.1) is 0 Å². The van der Waals surface area contributed by atoms with Crippen LogP contribution in [0.1, 0.15) is 5.56 Å². The molecule has 0 atom stereocenters. The molecule has 0 spiro atoms. The largest absolute Gasteiger partial charge is 0.435 e. The van der Waals surface area contributed by atoms with Gasteiger partial charge in [-0.2, -0.15) is 13.2 Å². The molecule has 0 saturated carbocycles. The van der Waals surface area contributed by atoms with E-state index in [2.05, 4.69) is 9.97 Å². The second-order valence-corrected chi connectivity index (χ2v) is 3.92. The Balaban J connectivity index is 2.02. The third-order valence-corrected chi connectivity index (χ3v) is 2.60. The Morgan fingerprint density at radius 3 is 2.42 bits per heavy atom. The molecule has 3 rings (SSSR count). The lowest BCUT2D eigenvalue weighted by Gasteiger charge is -2.05. The van der Waals surface area contributed by atoms with Crippen LogP contribution in [-0.4, -0.2) is 9.97 Å². The zero-order valence-corrected chi connectivity index (χ0v) is 9.48. The lowest BCUT2D eigenvalue weighted by molar-refractivity contribution is -0.137. The third-order valence-electron chi connectivity index (χ3n) is 2.60. The summed E-state index contributed by atoms with van der Waals surface area (Å²) >= 11 is 0. The lowest BCUT2D eigenvalue weighted by Crippen LogP contribution is -2.05. The minimum atomic E-state index is -4.40. The number of oxazole rings is 1. The molecule has 0 saturated heterocycles. The van der Waals surface area contributed by atoms with Gasteiger partial charge in [0.25, 0.3) is 0 Å². The minimum Gasteiger partial charge on any atom is -0.435 e. The van der Waals surface area contributed by atoms with Crippen LogP contribution in [0.25, 0.3) is 22.7 Å². The highest BCUT2D eigenvalue weighted by molar-refractivity contribution is 5.75. The molecule has 0 aliphatic heterocycles. The number of fused-ring (bicyclic) bond motifs is 1. The standard InChI is InChI=1S/C13H7F3N2O/c14-13(15,16)8-5-6-10(17-7-8)12-18-9-3-1-2-4-11(9)19-12/h1-7H. The summed E-state index contributed by atoms with van der Waals surface area (Å²) in [7, 11) is 0. The fraction of sp³-hybridized carbons (Fsp3) is 0.0769. The van der Waals surface area contributed by atoms with Crippen molar-refractivity contribution in [2.24, 2.45) is 0 Å². The molecule has 2 aromatic heterocycles. The van der Waals surface area contributed by atoms with Gasteiger partial charge in [-0.3, -0.25) is 4.98 Å². The van der Waals surface area contributed by atoms with Gasteiger partial charge in [0.15, 0.2) is 5.58 Å². The molecule has 0 amide bonds. The number of aromatic nitrogens is 2. The van der Waals surface area contributed by atoms with E-state index in [-0.39, 0.29) is 11.6 Å². The quantitative estimate of drug-likeness (QED) is 0.669. The summed E-state index contributed by atoms with van der Waals surface area (Å²) in [4.78, 5) is 7.90. The fourth-order valence-electron chi connectivity index (χ4n) is 1.67. The predicted molar refractivity (Wildman–Crippen MR) is 62.2 cm³/mol. The Labute approximate surface area is 105 Å². The summed E-state index contributed by atoms with van der Waals surface area (Å²) < 4.78 is 42.7. The molecule has 0 N–H and O–H groups in total. The number of para-hydroxylation sites is 2. The molecule has 96 valence electrons. The summed E-state index contributed by atoms with van der Waals surface area (Å²) in [5, 5.41) is 0. The van der Waals surface area contributed by atoms with Gasteiger partial charge in [-0.25, -0.2) is 4.98 Å². The smallest absolute Gasteiger partial charge is 0.417 e. The van der Waals surface area contributed by atoms with Gasteiger partial charge in [0, 0.05) is 6.20 Å².